The number of aromatic hydroxyl groups is 2. The van der Waals surface area contributed by atoms with E-state index in [1.807, 2.05) is 13.8 Å². The molecule has 1 saturated heterocycles. The van der Waals surface area contributed by atoms with Gasteiger partial charge in [-0.25, -0.2) is 0 Å². The second kappa shape index (κ2) is 5.81. The fourth-order valence-corrected chi connectivity index (χ4v) is 2.77. The molecule has 5 heteroatoms. The topological polar surface area (TPSA) is 71.2 Å². The van der Waals surface area contributed by atoms with Crippen molar-refractivity contribution in [1.82, 2.24) is 0 Å². The van der Waals surface area contributed by atoms with Crippen LogP contribution in [0.3, 0.4) is 0 Å². The fourth-order valence-electron chi connectivity index (χ4n) is 2.77. The summed E-state index contributed by atoms with van der Waals surface area (Å²) in [4.78, 5) is 13.5. The molecule has 0 bridgehead atoms. The monoisotopic (exact) mass is 280 g/mol. The summed E-state index contributed by atoms with van der Waals surface area (Å²) in [5.41, 5.74) is 0.620. The Bertz CT molecular complexity index is 505. The number of Topliss-reactive ketones (excluding diaryl/α,β-unsaturated/α-hetero) is 1. The average Bonchev–Trinajstić information content (AvgIpc) is 2.34. The highest BCUT2D eigenvalue weighted by Crippen LogP contribution is 2.29. The van der Waals surface area contributed by atoms with Gasteiger partial charge in [-0.1, -0.05) is 0 Å². The van der Waals surface area contributed by atoms with Gasteiger partial charge < -0.3 is 19.8 Å². The minimum absolute atomic E-state index is 0.0000129. The third-order valence-corrected chi connectivity index (χ3v) is 3.73. The first-order valence-corrected chi connectivity index (χ1v) is 6.92. The lowest BCUT2D eigenvalue weighted by Gasteiger charge is -2.32. The number of hydrogen-bond acceptors (Lipinski definition) is 4. The third-order valence-electron chi connectivity index (χ3n) is 3.73. The number of ketones is 1. The van der Waals surface area contributed by atoms with Crippen LogP contribution in [0.15, 0.2) is 12.1 Å². The van der Waals surface area contributed by atoms with Crippen LogP contribution >= 0.6 is 0 Å². The molecule has 1 aromatic rings. The van der Waals surface area contributed by atoms with E-state index in [-0.39, 0.29) is 35.1 Å². The van der Waals surface area contributed by atoms with Crippen LogP contribution in [0.1, 0.15) is 29.8 Å². The number of morpholine rings is 1. The number of carbonyl (C=O) groups is 1. The normalized spacial score (nSPS) is 26.4. The Balaban J connectivity index is 2.11. The van der Waals surface area contributed by atoms with E-state index in [2.05, 4.69) is 0 Å². The van der Waals surface area contributed by atoms with Crippen LogP contribution in [0, 0.1) is 6.92 Å². The molecule has 2 rings (SSSR count). The second-order valence-electron chi connectivity index (χ2n) is 5.62. The first-order valence-electron chi connectivity index (χ1n) is 6.92. The maximum atomic E-state index is 12.3. The molecule has 110 valence electrons. The third kappa shape index (κ3) is 3.11. The molecule has 0 radical (unpaired) electrons. The number of benzene rings is 1. The van der Waals surface area contributed by atoms with Gasteiger partial charge in [0.25, 0.3) is 0 Å². The summed E-state index contributed by atoms with van der Waals surface area (Å²) in [7, 11) is 0. The van der Waals surface area contributed by atoms with E-state index >= 15 is 0 Å². The number of carbonyl (C=O) groups excluding carboxylic acids is 1. The van der Waals surface area contributed by atoms with Crippen molar-refractivity contribution in [2.24, 2.45) is 0 Å². The first kappa shape index (κ1) is 14.8. The van der Waals surface area contributed by atoms with Crippen LogP contribution in [0.2, 0.25) is 0 Å². The summed E-state index contributed by atoms with van der Waals surface area (Å²) in [6, 6.07) is 2.93. The molecule has 1 aliphatic heterocycles. The minimum atomic E-state index is -0.122. The Labute approximate surface area is 118 Å². The van der Waals surface area contributed by atoms with Crippen molar-refractivity contribution in [3.63, 3.8) is 0 Å². The zero-order valence-electron chi connectivity index (χ0n) is 12.1. The molecule has 3 N–H and O–H groups in total. The van der Waals surface area contributed by atoms with Gasteiger partial charge >= 0.3 is 0 Å². The van der Waals surface area contributed by atoms with Gasteiger partial charge in [0.05, 0.1) is 5.56 Å². The predicted molar refractivity (Wildman–Crippen MR) is 74.4 cm³/mol. The van der Waals surface area contributed by atoms with E-state index in [1.165, 1.54) is 12.1 Å². The molecule has 1 aromatic carbocycles. The van der Waals surface area contributed by atoms with Crippen molar-refractivity contribution in [3.05, 3.63) is 23.3 Å². The first-order chi connectivity index (χ1) is 9.38. The van der Waals surface area contributed by atoms with Gasteiger partial charge in [0.15, 0.2) is 0 Å². The van der Waals surface area contributed by atoms with Gasteiger partial charge in [0.2, 0.25) is 5.78 Å². The highest BCUT2D eigenvalue weighted by Gasteiger charge is 2.28. The number of rotatable bonds is 3. The highest BCUT2D eigenvalue weighted by molar-refractivity contribution is 5.99. The fraction of sp³-hybridized carbons (Fsp3) is 0.533. The van der Waals surface area contributed by atoms with E-state index in [9.17, 15) is 15.0 Å². The summed E-state index contributed by atoms with van der Waals surface area (Å²) in [5, 5.41) is 19.5. The molecular weight excluding hydrogens is 258 g/mol. The van der Waals surface area contributed by atoms with Gasteiger partial charge in [0.1, 0.15) is 43.3 Å². The maximum absolute atomic E-state index is 12.3. The summed E-state index contributed by atoms with van der Waals surface area (Å²) in [6.07, 6.45) is 0.272. The maximum Gasteiger partial charge on any atom is 0.220 e. The molecule has 3 atom stereocenters. The number of quaternary nitrogens is 1. The quantitative estimate of drug-likeness (QED) is 0.696. The Morgan fingerprint density at radius 2 is 1.90 bits per heavy atom. The molecule has 1 fully saturated rings. The van der Waals surface area contributed by atoms with Crippen molar-refractivity contribution in [1.29, 1.82) is 0 Å². The molecule has 0 aromatic heterocycles. The summed E-state index contributed by atoms with van der Waals surface area (Å²) in [6.45, 7) is 7.50. The summed E-state index contributed by atoms with van der Waals surface area (Å²) in [5.74, 6) is -0.231. The molecule has 20 heavy (non-hydrogen) atoms. The number of phenols is 2. The van der Waals surface area contributed by atoms with Crippen molar-refractivity contribution in [3.8, 4) is 11.5 Å². The molecule has 0 spiro atoms. The summed E-state index contributed by atoms with van der Waals surface area (Å²) >= 11 is 0. The van der Waals surface area contributed by atoms with Gasteiger partial charge in [0, 0.05) is 5.56 Å². The minimum Gasteiger partial charge on any atom is -0.508 e. The molecule has 1 unspecified atom stereocenters. The Kier molecular flexibility index (Phi) is 4.30. The molecule has 0 aliphatic carbocycles. The van der Waals surface area contributed by atoms with Crippen molar-refractivity contribution < 1.29 is 24.6 Å². The van der Waals surface area contributed by atoms with Crippen molar-refractivity contribution in [2.75, 3.05) is 19.6 Å². The van der Waals surface area contributed by atoms with Gasteiger partial charge in [-0.2, -0.15) is 0 Å². The van der Waals surface area contributed by atoms with Crippen LogP contribution in [-0.2, 0) is 4.74 Å². The molecule has 5 nitrogen and oxygen atoms in total. The molecule has 0 amide bonds. The van der Waals surface area contributed by atoms with Crippen molar-refractivity contribution in [2.45, 2.75) is 33.0 Å². The largest absolute Gasteiger partial charge is 0.508 e. The number of hydrogen-bond donors (Lipinski definition) is 3. The van der Waals surface area contributed by atoms with Crippen LogP contribution < -0.4 is 4.90 Å². The Hall–Kier alpha value is -1.59. The Morgan fingerprint density at radius 3 is 2.50 bits per heavy atom. The van der Waals surface area contributed by atoms with Crippen LogP contribution in [0.4, 0.5) is 0 Å². The predicted octanol–water partition coefficient (Wildman–Crippen LogP) is 0.281. The van der Waals surface area contributed by atoms with E-state index in [0.717, 1.165) is 18.0 Å². The molecule has 0 saturated carbocycles. The van der Waals surface area contributed by atoms with E-state index in [0.29, 0.717) is 12.1 Å². The van der Waals surface area contributed by atoms with Gasteiger partial charge in [-0.05, 0) is 32.9 Å². The van der Waals surface area contributed by atoms with E-state index in [4.69, 9.17) is 4.74 Å². The number of ether oxygens (including phenoxy) is 1. The SMILES string of the molecule is Cc1c(O)ccc(C(=O)C[NH+]2C[C@@H](C)O[C@@H](C)C2)c1O. The van der Waals surface area contributed by atoms with Crippen LogP contribution in [-0.4, -0.2) is 47.8 Å². The van der Waals surface area contributed by atoms with Gasteiger partial charge in [-0.15, -0.1) is 0 Å². The Morgan fingerprint density at radius 1 is 1.30 bits per heavy atom. The number of nitrogens with one attached hydrogen (secondary N) is 1. The molecule has 1 heterocycles. The lowest BCUT2D eigenvalue weighted by atomic mass is 10.0. The second-order valence-corrected chi connectivity index (χ2v) is 5.62. The zero-order valence-corrected chi connectivity index (χ0v) is 12.1. The lowest BCUT2D eigenvalue weighted by Crippen LogP contribution is -3.16. The molecular formula is C15H22NO4+. The summed E-state index contributed by atoms with van der Waals surface area (Å²) < 4.78 is 5.65. The highest BCUT2D eigenvalue weighted by atomic mass is 16.5. The van der Waals surface area contributed by atoms with Gasteiger partial charge in [-0.3, -0.25) is 4.79 Å². The van der Waals surface area contributed by atoms with Crippen molar-refractivity contribution >= 4 is 5.78 Å². The van der Waals surface area contributed by atoms with E-state index in [1.54, 1.807) is 6.92 Å². The standard InChI is InChI=1S/C15H21NO4/c1-9-6-16(7-10(2)20-9)8-14(18)12-4-5-13(17)11(3)15(12)19/h4-5,9-10,17,19H,6-8H2,1-3H3/p+1/t9-,10+. The van der Waals surface area contributed by atoms with E-state index < -0.39 is 0 Å². The average molecular weight is 280 g/mol. The zero-order chi connectivity index (χ0) is 14.9. The smallest absolute Gasteiger partial charge is 0.220 e. The molecule has 1 aliphatic rings. The number of phenolic OH excluding ortho intramolecular Hbond substituents is 2. The lowest BCUT2D eigenvalue weighted by molar-refractivity contribution is -0.906. The van der Waals surface area contributed by atoms with Crippen LogP contribution in [0.5, 0.6) is 11.5 Å². The van der Waals surface area contributed by atoms with Crippen LogP contribution in [0.25, 0.3) is 0 Å².